The van der Waals surface area contributed by atoms with Crippen LogP contribution in [0.15, 0.2) is 55.0 Å². The summed E-state index contributed by atoms with van der Waals surface area (Å²) in [6, 6.07) is 9.68. The molecule has 27 heavy (non-hydrogen) atoms. The molecule has 0 saturated heterocycles. The van der Waals surface area contributed by atoms with Crippen molar-refractivity contribution in [2.75, 3.05) is 5.32 Å². The number of rotatable bonds is 4. The summed E-state index contributed by atoms with van der Waals surface area (Å²) in [4.78, 5) is 12.4. The number of pyridine rings is 2. The lowest BCUT2D eigenvalue weighted by Gasteiger charge is -2.12. The average molecular weight is 499 g/mol. The Morgan fingerprint density at radius 1 is 1.11 bits per heavy atom. The number of aromatic nitrogens is 5. The first-order valence-electron chi connectivity index (χ1n) is 7.68. The third kappa shape index (κ3) is 3.69. The van der Waals surface area contributed by atoms with E-state index in [4.69, 9.17) is 11.6 Å². The van der Waals surface area contributed by atoms with Gasteiger partial charge in [-0.25, -0.2) is 14.5 Å². The van der Waals surface area contributed by atoms with Crippen molar-refractivity contribution < 1.29 is 8.78 Å². The first-order valence-corrected chi connectivity index (χ1v) is 9.14. The molecule has 0 saturated carbocycles. The minimum Gasteiger partial charge on any atom is -0.337 e. The third-order valence-electron chi connectivity index (χ3n) is 3.69. The average Bonchev–Trinajstić information content (AvgIpc) is 3.12. The van der Waals surface area contributed by atoms with Gasteiger partial charge in [0.2, 0.25) is 5.82 Å². The predicted octanol–water partition coefficient (Wildman–Crippen LogP) is 5.07. The lowest BCUT2D eigenvalue weighted by atomic mass is 10.3. The van der Waals surface area contributed by atoms with E-state index >= 15 is 0 Å². The number of hydrogen-bond donors (Lipinski definition) is 1. The highest BCUT2D eigenvalue weighted by atomic mass is 127. The summed E-state index contributed by atoms with van der Waals surface area (Å²) < 4.78 is 25.7. The first-order chi connectivity index (χ1) is 12.9. The van der Waals surface area contributed by atoms with Gasteiger partial charge in [0, 0.05) is 41.2 Å². The number of halogens is 4. The van der Waals surface area contributed by atoms with E-state index in [0.717, 1.165) is 22.6 Å². The van der Waals surface area contributed by atoms with Crippen molar-refractivity contribution in [1.82, 2.24) is 24.6 Å². The topological polar surface area (TPSA) is 68.0 Å². The van der Waals surface area contributed by atoms with E-state index in [0.29, 0.717) is 22.0 Å². The minimum absolute atomic E-state index is 0.203. The van der Waals surface area contributed by atoms with Gasteiger partial charge < -0.3 is 5.32 Å². The minimum atomic E-state index is -3.09. The summed E-state index contributed by atoms with van der Waals surface area (Å²) in [5.41, 5.74) is 1.19. The van der Waals surface area contributed by atoms with E-state index in [2.05, 4.69) is 25.4 Å². The van der Waals surface area contributed by atoms with Gasteiger partial charge in [-0.3, -0.25) is 4.98 Å². The van der Waals surface area contributed by atoms with Gasteiger partial charge in [-0.15, -0.1) is 5.10 Å². The molecule has 0 aliphatic rings. The molecule has 4 rings (SSSR count). The Balaban J connectivity index is 1.83. The summed E-state index contributed by atoms with van der Waals surface area (Å²) in [6.07, 6.45) is 4.84. The molecule has 6 nitrogen and oxygen atoms in total. The second-order valence-corrected chi connectivity index (χ2v) is 7.27. The Morgan fingerprint density at radius 3 is 2.74 bits per heavy atom. The summed E-state index contributed by atoms with van der Waals surface area (Å²) in [5, 5.41) is 7.92. The largest absolute Gasteiger partial charge is 0.337 e. The van der Waals surface area contributed by atoms with E-state index in [1.54, 1.807) is 35.1 Å². The zero-order valence-electron chi connectivity index (χ0n) is 13.4. The molecule has 4 aromatic rings. The second kappa shape index (κ2) is 6.97. The maximum atomic E-state index is 13.6. The van der Waals surface area contributed by atoms with Crippen LogP contribution in [0.3, 0.4) is 0 Å². The van der Waals surface area contributed by atoms with Gasteiger partial charge in [-0.1, -0.05) is 17.7 Å². The molecule has 0 radical (unpaired) electrons. The molecule has 1 N–H and O–H groups in total. The molecule has 0 fully saturated rings. The fourth-order valence-electron chi connectivity index (χ4n) is 2.46. The third-order valence-corrected chi connectivity index (χ3v) is 4.54. The van der Waals surface area contributed by atoms with Crippen molar-refractivity contribution in [3.05, 3.63) is 65.7 Å². The SMILES string of the molecule is FC(F)(I)c1cccc(-c2nc(Nc3ccncc3Cl)c3cccn3n2)n1. The van der Waals surface area contributed by atoms with E-state index < -0.39 is 3.93 Å². The predicted molar refractivity (Wildman–Crippen MR) is 107 cm³/mol. The molecular formula is C17H10ClF2IN6. The van der Waals surface area contributed by atoms with Crippen molar-refractivity contribution >= 4 is 51.2 Å². The highest BCUT2D eigenvalue weighted by Crippen LogP contribution is 2.34. The molecule has 0 aliphatic heterocycles. The highest BCUT2D eigenvalue weighted by Gasteiger charge is 2.29. The first kappa shape index (κ1) is 18.0. The number of anilines is 2. The molecule has 0 aliphatic carbocycles. The number of fused-ring (bicyclic) bond motifs is 1. The van der Waals surface area contributed by atoms with Gasteiger partial charge in [0.25, 0.3) is 0 Å². The van der Waals surface area contributed by atoms with Crippen LogP contribution in [0.25, 0.3) is 17.0 Å². The Morgan fingerprint density at radius 2 is 1.96 bits per heavy atom. The number of hydrogen-bond acceptors (Lipinski definition) is 5. The Labute approximate surface area is 170 Å². The lowest BCUT2D eigenvalue weighted by molar-refractivity contribution is 0.122. The van der Waals surface area contributed by atoms with Crippen LogP contribution in [0.2, 0.25) is 5.02 Å². The Hall–Kier alpha value is -2.40. The fraction of sp³-hybridized carbons (Fsp3) is 0.0588. The van der Waals surface area contributed by atoms with Crippen LogP contribution in [0.5, 0.6) is 0 Å². The van der Waals surface area contributed by atoms with Crippen molar-refractivity contribution in [3.63, 3.8) is 0 Å². The van der Waals surface area contributed by atoms with Crippen LogP contribution in [-0.2, 0) is 3.93 Å². The summed E-state index contributed by atoms with van der Waals surface area (Å²) in [7, 11) is 0. The molecule has 0 unspecified atom stereocenters. The standard InChI is InChI=1S/C17H10ClF2IN6/c18-10-9-22-7-6-11(10)24-16-13-4-2-8-27(13)26-15(25-16)12-3-1-5-14(23-12)17(19,20)21/h1-9H,(H,22,24,25,26). The summed E-state index contributed by atoms with van der Waals surface area (Å²) >= 11 is 7.20. The van der Waals surface area contributed by atoms with Crippen LogP contribution >= 0.6 is 34.2 Å². The summed E-state index contributed by atoms with van der Waals surface area (Å²) in [6.45, 7) is 0. The number of nitrogens with one attached hydrogen (secondary N) is 1. The second-order valence-electron chi connectivity index (χ2n) is 5.51. The molecule has 0 aromatic carbocycles. The van der Waals surface area contributed by atoms with Gasteiger partial charge in [0.05, 0.1) is 10.7 Å². The molecule has 4 heterocycles. The molecular weight excluding hydrogens is 489 g/mol. The van der Waals surface area contributed by atoms with Gasteiger partial charge in [0.15, 0.2) is 5.82 Å². The van der Waals surface area contributed by atoms with Crippen LogP contribution < -0.4 is 5.32 Å². The van der Waals surface area contributed by atoms with Gasteiger partial charge in [-0.05, 0) is 30.3 Å². The monoisotopic (exact) mass is 498 g/mol. The van der Waals surface area contributed by atoms with Crippen molar-refractivity contribution in [3.8, 4) is 11.5 Å². The zero-order valence-corrected chi connectivity index (χ0v) is 16.4. The molecule has 0 spiro atoms. The van der Waals surface area contributed by atoms with Crippen molar-refractivity contribution in [1.29, 1.82) is 0 Å². The molecule has 4 aromatic heterocycles. The molecule has 10 heteroatoms. The van der Waals surface area contributed by atoms with Crippen LogP contribution in [-0.4, -0.2) is 24.6 Å². The quantitative estimate of drug-likeness (QED) is 0.314. The lowest BCUT2D eigenvalue weighted by Crippen LogP contribution is -2.08. The van der Waals surface area contributed by atoms with Gasteiger partial charge >= 0.3 is 3.93 Å². The fourth-order valence-corrected chi connectivity index (χ4v) is 2.92. The van der Waals surface area contributed by atoms with Crippen molar-refractivity contribution in [2.45, 2.75) is 3.93 Å². The maximum Gasteiger partial charge on any atom is 0.337 e. The smallest absolute Gasteiger partial charge is 0.337 e. The van der Waals surface area contributed by atoms with E-state index in [1.807, 2.05) is 6.07 Å². The van der Waals surface area contributed by atoms with E-state index in [9.17, 15) is 8.78 Å². The van der Waals surface area contributed by atoms with Gasteiger partial charge in [0.1, 0.15) is 16.9 Å². The number of nitrogens with zero attached hydrogens (tertiary/aromatic N) is 5. The summed E-state index contributed by atoms with van der Waals surface area (Å²) in [5.74, 6) is 0.667. The molecule has 136 valence electrons. The van der Waals surface area contributed by atoms with Gasteiger partial charge in [-0.2, -0.15) is 8.78 Å². The van der Waals surface area contributed by atoms with E-state index in [-0.39, 0.29) is 17.2 Å². The molecule has 0 amide bonds. The van der Waals surface area contributed by atoms with E-state index in [1.165, 1.54) is 18.3 Å². The van der Waals surface area contributed by atoms with Crippen LogP contribution in [0.4, 0.5) is 20.3 Å². The molecule has 0 bridgehead atoms. The van der Waals surface area contributed by atoms with Crippen molar-refractivity contribution in [2.24, 2.45) is 0 Å². The van der Waals surface area contributed by atoms with Crippen LogP contribution in [0, 0.1) is 0 Å². The maximum absolute atomic E-state index is 13.6. The normalized spacial score (nSPS) is 11.7. The Kier molecular flexibility index (Phi) is 4.64. The molecule has 0 atom stereocenters. The number of alkyl halides is 3. The zero-order chi connectivity index (χ0) is 19.0. The highest BCUT2D eigenvalue weighted by molar-refractivity contribution is 14.1. The Bertz CT molecular complexity index is 1130. The van der Waals surface area contributed by atoms with Crippen LogP contribution in [0.1, 0.15) is 5.69 Å².